The number of pyridine rings is 1. The third-order valence-electron chi connectivity index (χ3n) is 3.03. The van der Waals surface area contributed by atoms with E-state index in [0.717, 1.165) is 15.6 Å². The summed E-state index contributed by atoms with van der Waals surface area (Å²) in [4.78, 5) is 15.8. The highest BCUT2D eigenvalue weighted by atomic mass is 79.9. The number of halogens is 1. The van der Waals surface area contributed by atoms with Gasteiger partial charge in [-0.1, -0.05) is 22.0 Å². The molecule has 1 amide bonds. The number of hydrogen-bond acceptors (Lipinski definition) is 4. The molecule has 1 aromatic heterocycles. The van der Waals surface area contributed by atoms with E-state index in [2.05, 4.69) is 26.0 Å². The molecule has 0 fully saturated rings. The highest BCUT2D eigenvalue weighted by Gasteiger charge is 2.33. The SMILES string of the molecule is CC(=O)N1N=C(c2ccc(Br)cc2)O[C@H]1c1cccnc1. The number of hydrazone groups is 1. The molecular weight excluding hydrogens is 334 g/mol. The highest BCUT2D eigenvalue weighted by Crippen LogP contribution is 2.29. The van der Waals surface area contributed by atoms with Gasteiger partial charge in [0, 0.05) is 34.9 Å². The molecule has 1 aromatic carbocycles. The first-order valence-corrected chi connectivity index (χ1v) is 7.15. The smallest absolute Gasteiger partial charge is 0.243 e. The molecule has 0 N–H and O–H groups in total. The van der Waals surface area contributed by atoms with Crippen LogP contribution in [-0.4, -0.2) is 21.8 Å². The van der Waals surface area contributed by atoms with Gasteiger partial charge in [0.05, 0.1) is 0 Å². The summed E-state index contributed by atoms with van der Waals surface area (Å²) in [6.45, 7) is 1.46. The molecule has 21 heavy (non-hydrogen) atoms. The number of hydrogen-bond donors (Lipinski definition) is 0. The first-order chi connectivity index (χ1) is 10.1. The van der Waals surface area contributed by atoms with Crippen molar-refractivity contribution in [3.8, 4) is 0 Å². The zero-order valence-electron chi connectivity index (χ0n) is 11.2. The monoisotopic (exact) mass is 345 g/mol. The summed E-state index contributed by atoms with van der Waals surface area (Å²) >= 11 is 3.38. The van der Waals surface area contributed by atoms with Crippen molar-refractivity contribution in [2.75, 3.05) is 0 Å². The normalized spacial score (nSPS) is 17.3. The van der Waals surface area contributed by atoms with Crippen LogP contribution in [0.5, 0.6) is 0 Å². The van der Waals surface area contributed by atoms with E-state index in [1.54, 1.807) is 18.5 Å². The summed E-state index contributed by atoms with van der Waals surface area (Å²) in [5.41, 5.74) is 1.60. The van der Waals surface area contributed by atoms with Gasteiger partial charge in [-0.2, -0.15) is 5.01 Å². The molecule has 0 radical (unpaired) electrons. The van der Waals surface area contributed by atoms with Crippen molar-refractivity contribution in [2.24, 2.45) is 5.10 Å². The van der Waals surface area contributed by atoms with E-state index in [1.165, 1.54) is 11.9 Å². The van der Waals surface area contributed by atoms with Crippen LogP contribution >= 0.6 is 15.9 Å². The predicted molar refractivity (Wildman–Crippen MR) is 81.3 cm³/mol. The number of rotatable bonds is 2. The fraction of sp³-hybridized carbons (Fsp3) is 0.133. The lowest BCUT2D eigenvalue weighted by Crippen LogP contribution is -2.25. The number of carbonyl (C=O) groups is 1. The molecular formula is C15H12BrN3O2. The number of ether oxygens (including phenoxy) is 1. The van der Waals surface area contributed by atoms with E-state index in [1.807, 2.05) is 30.3 Å². The second-order valence-corrected chi connectivity index (χ2v) is 5.45. The van der Waals surface area contributed by atoms with Gasteiger partial charge in [0.25, 0.3) is 0 Å². The quantitative estimate of drug-likeness (QED) is 0.840. The van der Waals surface area contributed by atoms with Crippen molar-refractivity contribution in [3.05, 3.63) is 64.4 Å². The molecule has 1 aliphatic heterocycles. The fourth-order valence-electron chi connectivity index (χ4n) is 2.01. The van der Waals surface area contributed by atoms with Gasteiger partial charge in [-0.15, -0.1) is 5.10 Å². The summed E-state index contributed by atoms with van der Waals surface area (Å²) in [6, 6.07) is 11.2. The van der Waals surface area contributed by atoms with Crippen molar-refractivity contribution in [3.63, 3.8) is 0 Å². The number of amides is 1. The molecule has 0 unspecified atom stereocenters. The summed E-state index contributed by atoms with van der Waals surface area (Å²) < 4.78 is 6.82. The highest BCUT2D eigenvalue weighted by molar-refractivity contribution is 9.10. The van der Waals surface area contributed by atoms with Crippen LogP contribution in [-0.2, 0) is 9.53 Å². The molecule has 2 heterocycles. The third-order valence-corrected chi connectivity index (χ3v) is 3.56. The maximum absolute atomic E-state index is 11.8. The van der Waals surface area contributed by atoms with Crippen molar-refractivity contribution in [1.82, 2.24) is 9.99 Å². The first kappa shape index (κ1) is 13.8. The Balaban J connectivity index is 1.93. The Morgan fingerprint density at radius 1 is 1.29 bits per heavy atom. The van der Waals surface area contributed by atoms with E-state index in [0.29, 0.717) is 5.90 Å². The van der Waals surface area contributed by atoms with Crippen LogP contribution in [0.25, 0.3) is 0 Å². The minimum atomic E-state index is -0.574. The van der Waals surface area contributed by atoms with Gasteiger partial charge < -0.3 is 4.74 Å². The average molecular weight is 346 g/mol. The number of aromatic nitrogens is 1. The molecule has 1 atom stereocenters. The summed E-state index contributed by atoms with van der Waals surface area (Å²) in [5, 5.41) is 5.61. The van der Waals surface area contributed by atoms with Crippen LogP contribution in [0.15, 0.2) is 58.4 Å². The second kappa shape index (κ2) is 5.65. The zero-order valence-corrected chi connectivity index (χ0v) is 12.8. The zero-order chi connectivity index (χ0) is 14.8. The minimum Gasteiger partial charge on any atom is -0.446 e. The number of benzene rings is 1. The van der Waals surface area contributed by atoms with Crippen LogP contribution in [0.3, 0.4) is 0 Å². The van der Waals surface area contributed by atoms with Crippen molar-refractivity contribution < 1.29 is 9.53 Å². The van der Waals surface area contributed by atoms with Crippen LogP contribution < -0.4 is 0 Å². The topological polar surface area (TPSA) is 54.8 Å². The Labute approximate surface area is 130 Å². The van der Waals surface area contributed by atoms with Crippen molar-refractivity contribution in [1.29, 1.82) is 0 Å². The van der Waals surface area contributed by atoms with Gasteiger partial charge in [0.2, 0.25) is 18.0 Å². The molecule has 0 saturated carbocycles. The number of carbonyl (C=O) groups excluding carboxylic acids is 1. The van der Waals surface area contributed by atoms with Gasteiger partial charge in [-0.25, -0.2) is 0 Å². The van der Waals surface area contributed by atoms with Crippen LogP contribution in [0.2, 0.25) is 0 Å². The maximum atomic E-state index is 11.8. The van der Waals surface area contributed by atoms with Gasteiger partial charge in [-0.05, 0) is 30.3 Å². The molecule has 3 rings (SSSR count). The van der Waals surface area contributed by atoms with E-state index < -0.39 is 6.23 Å². The summed E-state index contributed by atoms with van der Waals surface area (Å²) in [6.07, 6.45) is 2.77. The molecule has 106 valence electrons. The Hall–Kier alpha value is -2.21. The molecule has 1 aliphatic rings. The largest absolute Gasteiger partial charge is 0.446 e. The van der Waals surface area contributed by atoms with E-state index in [-0.39, 0.29) is 5.91 Å². The van der Waals surface area contributed by atoms with E-state index in [4.69, 9.17) is 4.74 Å². The Bertz CT molecular complexity index is 686. The standard InChI is InChI=1S/C15H12BrN3O2/c1-10(20)19-15(12-3-2-8-17-9-12)21-14(18-19)11-4-6-13(16)7-5-11/h2-9,15H,1H3/t15-/m0/s1. The third kappa shape index (κ3) is 2.80. The van der Waals surface area contributed by atoms with Crippen LogP contribution in [0.4, 0.5) is 0 Å². The second-order valence-electron chi connectivity index (χ2n) is 4.53. The fourth-order valence-corrected chi connectivity index (χ4v) is 2.28. The maximum Gasteiger partial charge on any atom is 0.243 e. The molecule has 0 spiro atoms. The van der Waals surface area contributed by atoms with Crippen LogP contribution in [0.1, 0.15) is 24.3 Å². The first-order valence-electron chi connectivity index (χ1n) is 6.36. The summed E-state index contributed by atoms with van der Waals surface area (Å²) in [5.74, 6) is 0.238. The average Bonchev–Trinajstić information content (AvgIpc) is 2.94. The predicted octanol–water partition coefficient (Wildman–Crippen LogP) is 3.08. The minimum absolute atomic E-state index is 0.184. The Morgan fingerprint density at radius 2 is 2.05 bits per heavy atom. The van der Waals surface area contributed by atoms with Gasteiger partial charge in [0.1, 0.15) is 0 Å². The summed E-state index contributed by atoms with van der Waals surface area (Å²) in [7, 11) is 0. The molecule has 0 bridgehead atoms. The Kier molecular flexibility index (Phi) is 3.70. The van der Waals surface area contributed by atoms with Crippen LogP contribution in [0, 0.1) is 0 Å². The molecule has 0 aliphatic carbocycles. The lowest BCUT2D eigenvalue weighted by atomic mass is 10.2. The molecule has 0 saturated heterocycles. The van der Waals surface area contributed by atoms with Gasteiger partial charge in [0.15, 0.2) is 0 Å². The van der Waals surface area contributed by atoms with Gasteiger partial charge in [-0.3, -0.25) is 9.78 Å². The number of nitrogens with zero attached hydrogens (tertiary/aromatic N) is 3. The Morgan fingerprint density at radius 3 is 2.67 bits per heavy atom. The van der Waals surface area contributed by atoms with E-state index >= 15 is 0 Å². The van der Waals surface area contributed by atoms with E-state index in [9.17, 15) is 4.79 Å². The van der Waals surface area contributed by atoms with Gasteiger partial charge >= 0.3 is 0 Å². The molecule has 5 nitrogen and oxygen atoms in total. The molecule has 2 aromatic rings. The lowest BCUT2D eigenvalue weighted by molar-refractivity contribution is -0.135. The molecule has 6 heteroatoms. The van der Waals surface area contributed by atoms with Crippen molar-refractivity contribution >= 4 is 27.7 Å². The lowest BCUT2D eigenvalue weighted by Gasteiger charge is -2.18. The van der Waals surface area contributed by atoms with Crippen molar-refractivity contribution in [2.45, 2.75) is 13.2 Å².